The number of carbonyl (C=O) groups is 2. The van der Waals surface area contributed by atoms with Crippen LogP contribution >= 0.6 is 11.6 Å². The molecule has 1 aliphatic heterocycles. The van der Waals surface area contributed by atoms with Crippen LogP contribution in [0.2, 0.25) is 5.02 Å². The quantitative estimate of drug-likeness (QED) is 0.616. The van der Waals surface area contributed by atoms with Crippen molar-refractivity contribution in [3.63, 3.8) is 0 Å². The van der Waals surface area contributed by atoms with E-state index in [4.69, 9.17) is 16.3 Å². The average Bonchev–Trinajstić information content (AvgIpc) is 2.71. The van der Waals surface area contributed by atoms with Crippen molar-refractivity contribution in [2.75, 3.05) is 29.5 Å². The Hall–Kier alpha value is -3.22. The van der Waals surface area contributed by atoms with Crippen LogP contribution in [0, 0.1) is 11.8 Å². The Kier molecular flexibility index (Phi) is 7.15. The number of hydrogen-bond donors (Lipinski definition) is 2. The van der Waals surface area contributed by atoms with Crippen molar-refractivity contribution in [3.8, 4) is 17.6 Å². The van der Waals surface area contributed by atoms with Crippen molar-refractivity contribution in [1.29, 1.82) is 0 Å². The van der Waals surface area contributed by atoms with E-state index in [0.29, 0.717) is 34.8 Å². The summed E-state index contributed by atoms with van der Waals surface area (Å²) in [5.41, 5.74) is 2.08. The molecule has 0 radical (unpaired) electrons. The highest BCUT2D eigenvalue weighted by molar-refractivity contribution is 7.92. The number of benzene rings is 2. The lowest BCUT2D eigenvalue weighted by Crippen LogP contribution is -2.50. The van der Waals surface area contributed by atoms with Crippen molar-refractivity contribution in [3.05, 3.63) is 52.0 Å². The van der Waals surface area contributed by atoms with Gasteiger partial charge in [0.25, 0.3) is 0 Å². The minimum Gasteiger partial charge on any atom is -0.495 e. The maximum absolute atomic E-state index is 12.5. The molecule has 0 aliphatic carbocycles. The molecule has 10 heteroatoms. The summed E-state index contributed by atoms with van der Waals surface area (Å²) < 4.78 is 30.9. The number of carbonyl (C=O) groups excluding carboxylic acids is 2. The van der Waals surface area contributed by atoms with E-state index in [0.717, 1.165) is 16.7 Å². The Bertz CT molecular complexity index is 1300. The maximum atomic E-state index is 12.5. The monoisotopic (exact) mass is 503 g/mol. The van der Waals surface area contributed by atoms with E-state index < -0.39 is 16.1 Å². The second-order valence-corrected chi connectivity index (χ2v) is 11.0. The Morgan fingerprint density at radius 1 is 1.12 bits per heavy atom. The van der Waals surface area contributed by atoms with Gasteiger partial charge in [0.2, 0.25) is 15.9 Å². The number of nitrogens with zero attached hydrogens (tertiary/aromatic N) is 1. The first-order valence-corrected chi connectivity index (χ1v) is 12.7. The van der Waals surface area contributed by atoms with Gasteiger partial charge >= 0.3 is 6.03 Å². The average molecular weight is 504 g/mol. The molecule has 0 unspecified atom stereocenters. The zero-order valence-corrected chi connectivity index (χ0v) is 21.1. The fourth-order valence-electron chi connectivity index (χ4n) is 3.48. The first-order valence-electron chi connectivity index (χ1n) is 10.4. The van der Waals surface area contributed by atoms with E-state index in [1.54, 1.807) is 24.3 Å². The molecule has 0 aromatic heterocycles. The topological polar surface area (TPSA) is 105 Å². The van der Waals surface area contributed by atoms with Gasteiger partial charge in [0.1, 0.15) is 5.75 Å². The van der Waals surface area contributed by atoms with Gasteiger partial charge in [-0.2, -0.15) is 0 Å². The highest BCUT2D eigenvalue weighted by Gasteiger charge is 2.30. The molecule has 0 bridgehead atoms. The lowest BCUT2D eigenvalue weighted by Gasteiger charge is -2.29. The van der Waals surface area contributed by atoms with Crippen molar-refractivity contribution >= 4 is 44.9 Å². The highest BCUT2D eigenvalue weighted by atomic mass is 35.5. The molecule has 1 aliphatic rings. The van der Waals surface area contributed by atoms with Crippen LogP contribution < -0.4 is 19.7 Å². The van der Waals surface area contributed by atoms with Crippen molar-refractivity contribution in [1.82, 2.24) is 5.32 Å². The summed E-state index contributed by atoms with van der Waals surface area (Å²) in [7, 11) is -1.91. The van der Waals surface area contributed by atoms with Crippen LogP contribution in [0.25, 0.3) is 0 Å². The summed E-state index contributed by atoms with van der Waals surface area (Å²) in [4.78, 5) is 26.1. The van der Waals surface area contributed by atoms with Crippen LogP contribution in [0.5, 0.6) is 5.75 Å². The van der Waals surface area contributed by atoms with Crippen LogP contribution in [0.3, 0.4) is 0 Å². The molecule has 3 amide bonds. The number of sulfonamides is 1. The van der Waals surface area contributed by atoms with Crippen LogP contribution in [-0.4, -0.2) is 40.3 Å². The maximum Gasteiger partial charge on any atom is 0.328 e. The molecule has 180 valence electrons. The van der Waals surface area contributed by atoms with E-state index >= 15 is 0 Å². The minimum atomic E-state index is -3.44. The van der Waals surface area contributed by atoms with Gasteiger partial charge in [-0.25, -0.2) is 18.1 Å². The van der Waals surface area contributed by atoms with Crippen molar-refractivity contribution in [2.45, 2.75) is 32.6 Å². The van der Waals surface area contributed by atoms with E-state index in [2.05, 4.69) is 21.9 Å². The largest absolute Gasteiger partial charge is 0.495 e. The Morgan fingerprint density at radius 3 is 2.35 bits per heavy atom. The molecule has 0 spiro atoms. The summed E-state index contributed by atoms with van der Waals surface area (Å²) >= 11 is 6.32. The molecular weight excluding hydrogens is 478 g/mol. The number of halogens is 1. The first-order chi connectivity index (χ1) is 15.8. The van der Waals surface area contributed by atoms with E-state index in [1.807, 2.05) is 20.8 Å². The number of nitrogens with one attached hydrogen (secondary N) is 2. The number of urea groups is 1. The highest BCUT2D eigenvalue weighted by Crippen LogP contribution is 2.38. The standard InChI is InChI=1S/C24H26ClN3O5S/c1-24(2,3)19-14-18(28-21(29)10-11-26-23(28)30)12-16(22(19)33-4)7-6-15-8-9-17(13-20(15)25)27-34(5,31)32/h8-9,12-14,27H,10-11H2,1-5H3,(H,26,30). The smallest absolute Gasteiger partial charge is 0.328 e. The van der Waals surface area contributed by atoms with Crippen LogP contribution in [0.15, 0.2) is 30.3 Å². The zero-order valence-electron chi connectivity index (χ0n) is 19.6. The zero-order chi connectivity index (χ0) is 25.3. The number of imide groups is 1. The summed E-state index contributed by atoms with van der Waals surface area (Å²) in [5.74, 6) is 6.25. The van der Waals surface area contributed by atoms with E-state index in [9.17, 15) is 18.0 Å². The molecule has 0 atom stereocenters. The first kappa shape index (κ1) is 25.4. The molecule has 2 aromatic rings. The molecule has 1 fully saturated rings. The molecule has 0 saturated carbocycles. The fraction of sp³-hybridized carbons (Fsp3) is 0.333. The lowest BCUT2D eigenvalue weighted by atomic mass is 9.84. The molecule has 2 aromatic carbocycles. The Labute approximate surface area is 204 Å². The van der Waals surface area contributed by atoms with Gasteiger partial charge in [0, 0.05) is 24.1 Å². The fourth-order valence-corrected chi connectivity index (χ4v) is 4.27. The van der Waals surface area contributed by atoms with Gasteiger partial charge in [-0.3, -0.25) is 9.52 Å². The number of rotatable bonds is 4. The summed E-state index contributed by atoms with van der Waals surface area (Å²) in [6.07, 6.45) is 1.25. The normalized spacial score (nSPS) is 14.2. The number of anilines is 2. The Morgan fingerprint density at radius 2 is 1.79 bits per heavy atom. The number of hydrogen-bond acceptors (Lipinski definition) is 5. The van der Waals surface area contributed by atoms with Crippen LogP contribution in [-0.2, 0) is 20.2 Å². The third-order valence-electron chi connectivity index (χ3n) is 5.02. The van der Waals surface area contributed by atoms with Crippen LogP contribution in [0.4, 0.5) is 16.2 Å². The third-order valence-corrected chi connectivity index (χ3v) is 5.93. The predicted molar refractivity (Wildman–Crippen MR) is 133 cm³/mol. The van der Waals surface area contributed by atoms with Gasteiger partial charge in [0.15, 0.2) is 0 Å². The number of amides is 3. The molecule has 3 rings (SSSR count). The molecule has 1 heterocycles. The second kappa shape index (κ2) is 9.57. The Balaban J connectivity index is 2.12. The SMILES string of the molecule is COc1c(C#Cc2ccc(NS(C)(=O)=O)cc2Cl)cc(N2C(=O)CCNC2=O)cc1C(C)(C)C. The number of methoxy groups -OCH3 is 1. The summed E-state index contributed by atoms with van der Waals surface area (Å²) in [6, 6.07) is 7.55. The molecule has 34 heavy (non-hydrogen) atoms. The summed E-state index contributed by atoms with van der Waals surface area (Å²) in [6.45, 7) is 6.28. The second-order valence-electron chi connectivity index (χ2n) is 8.85. The number of ether oxygens (including phenoxy) is 1. The van der Waals surface area contributed by atoms with Gasteiger partial charge in [-0.05, 0) is 35.7 Å². The van der Waals surface area contributed by atoms with Crippen molar-refractivity contribution in [2.24, 2.45) is 0 Å². The van der Waals surface area contributed by atoms with E-state index in [1.165, 1.54) is 13.2 Å². The van der Waals surface area contributed by atoms with E-state index in [-0.39, 0.29) is 22.8 Å². The lowest BCUT2D eigenvalue weighted by molar-refractivity contribution is -0.118. The molecule has 2 N–H and O–H groups in total. The molecule has 1 saturated heterocycles. The van der Waals surface area contributed by atoms with Gasteiger partial charge < -0.3 is 10.1 Å². The van der Waals surface area contributed by atoms with Gasteiger partial charge in [-0.1, -0.05) is 44.2 Å². The molecular formula is C24H26ClN3O5S. The molecule has 8 nitrogen and oxygen atoms in total. The predicted octanol–water partition coefficient (Wildman–Crippen LogP) is 3.86. The summed E-state index contributed by atoms with van der Waals surface area (Å²) in [5, 5.41) is 2.95. The van der Waals surface area contributed by atoms with Gasteiger partial charge in [0.05, 0.1) is 35.3 Å². The van der Waals surface area contributed by atoms with Crippen LogP contribution in [0.1, 0.15) is 43.9 Å². The van der Waals surface area contributed by atoms with Crippen molar-refractivity contribution < 1.29 is 22.7 Å². The van der Waals surface area contributed by atoms with Gasteiger partial charge in [-0.15, -0.1) is 0 Å². The minimum absolute atomic E-state index is 0.201. The third kappa shape index (κ3) is 5.82.